The maximum atomic E-state index is 12.1. The molecule has 3 nitrogen and oxygen atoms in total. The Morgan fingerprint density at radius 2 is 1.57 bits per heavy atom. The Morgan fingerprint density at radius 1 is 0.957 bits per heavy atom. The molecular formula is C19H21ClN2O. The first-order valence-corrected chi connectivity index (χ1v) is 8.42. The van der Waals surface area contributed by atoms with Gasteiger partial charge in [-0.25, -0.2) is 0 Å². The molecule has 23 heavy (non-hydrogen) atoms. The summed E-state index contributed by atoms with van der Waals surface area (Å²) in [6.45, 7) is 3.39. The van der Waals surface area contributed by atoms with Crippen molar-refractivity contribution in [2.45, 2.75) is 25.8 Å². The molecule has 0 unspecified atom stereocenters. The van der Waals surface area contributed by atoms with E-state index in [0.717, 1.165) is 17.8 Å². The summed E-state index contributed by atoms with van der Waals surface area (Å²) in [5.41, 5.74) is 3.09. The Labute approximate surface area is 142 Å². The van der Waals surface area contributed by atoms with E-state index < -0.39 is 0 Å². The third kappa shape index (κ3) is 4.81. The molecule has 0 atom stereocenters. The summed E-state index contributed by atoms with van der Waals surface area (Å²) in [5.74, 6) is -0.0142. The van der Waals surface area contributed by atoms with Crippen molar-refractivity contribution in [3.63, 3.8) is 0 Å². The van der Waals surface area contributed by atoms with Crippen molar-refractivity contribution in [1.82, 2.24) is 4.90 Å². The molecule has 0 spiro atoms. The molecule has 2 aromatic rings. The maximum Gasteiger partial charge on any atom is 0.228 e. The van der Waals surface area contributed by atoms with Gasteiger partial charge in [-0.2, -0.15) is 0 Å². The highest BCUT2D eigenvalue weighted by molar-refractivity contribution is 6.30. The fourth-order valence-corrected chi connectivity index (χ4v) is 3.01. The molecule has 1 aliphatic heterocycles. The minimum atomic E-state index is -0.0142. The topological polar surface area (TPSA) is 32.3 Å². The number of hydrogen-bond donors (Lipinski definition) is 1. The second-order valence-corrected chi connectivity index (χ2v) is 6.47. The molecule has 4 heteroatoms. The van der Waals surface area contributed by atoms with Gasteiger partial charge < -0.3 is 5.32 Å². The van der Waals surface area contributed by atoms with Gasteiger partial charge in [0.15, 0.2) is 0 Å². The van der Waals surface area contributed by atoms with Crippen LogP contribution in [0.25, 0.3) is 0 Å². The Hall–Kier alpha value is -1.84. The van der Waals surface area contributed by atoms with Gasteiger partial charge in [-0.05, 0) is 61.3 Å². The molecule has 1 fully saturated rings. The summed E-state index contributed by atoms with van der Waals surface area (Å²) < 4.78 is 0. The number of benzene rings is 2. The van der Waals surface area contributed by atoms with Gasteiger partial charge in [-0.3, -0.25) is 9.69 Å². The minimum Gasteiger partial charge on any atom is -0.326 e. The predicted molar refractivity (Wildman–Crippen MR) is 94.7 cm³/mol. The monoisotopic (exact) mass is 328 g/mol. The third-order valence-electron chi connectivity index (χ3n) is 4.12. The van der Waals surface area contributed by atoms with Gasteiger partial charge in [0.05, 0.1) is 6.42 Å². The number of amides is 1. The number of hydrogen-bond acceptors (Lipinski definition) is 2. The maximum absolute atomic E-state index is 12.1. The van der Waals surface area contributed by atoms with Crippen molar-refractivity contribution in [2.75, 3.05) is 18.4 Å². The lowest BCUT2D eigenvalue weighted by Crippen LogP contribution is -2.18. The first kappa shape index (κ1) is 16.0. The van der Waals surface area contributed by atoms with E-state index in [-0.39, 0.29) is 5.91 Å². The first-order chi connectivity index (χ1) is 11.2. The molecule has 1 saturated heterocycles. The van der Waals surface area contributed by atoms with Crippen molar-refractivity contribution in [1.29, 1.82) is 0 Å². The fourth-order valence-electron chi connectivity index (χ4n) is 2.89. The second-order valence-electron chi connectivity index (χ2n) is 6.03. The molecule has 1 amide bonds. The fraction of sp³-hybridized carbons (Fsp3) is 0.316. The van der Waals surface area contributed by atoms with Crippen molar-refractivity contribution in [2.24, 2.45) is 0 Å². The standard InChI is InChI=1S/C19H21ClN2O/c20-17-7-3-15(4-8-17)13-19(23)21-18-9-5-16(6-10-18)14-22-11-1-2-12-22/h3-10H,1-2,11-14H2,(H,21,23). The lowest BCUT2D eigenvalue weighted by molar-refractivity contribution is -0.115. The number of anilines is 1. The molecule has 2 aromatic carbocycles. The predicted octanol–water partition coefficient (Wildman–Crippen LogP) is 4.12. The molecule has 120 valence electrons. The van der Waals surface area contributed by atoms with Crippen LogP contribution in [0.4, 0.5) is 5.69 Å². The van der Waals surface area contributed by atoms with E-state index in [1.54, 1.807) is 12.1 Å². The smallest absolute Gasteiger partial charge is 0.228 e. The van der Waals surface area contributed by atoms with Gasteiger partial charge in [0, 0.05) is 17.3 Å². The quantitative estimate of drug-likeness (QED) is 0.895. The number of halogens is 1. The highest BCUT2D eigenvalue weighted by atomic mass is 35.5. The van der Waals surface area contributed by atoms with Crippen molar-refractivity contribution in [3.05, 3.63) is 64.7 Å². The van der Waals surface area contributed by atoms with Crippen LogP contribution in [0.15, 0.2) is 48.5 Å². The summed E-state index contributed by atoms with van der Waals surface area (Å²) in [6.07, 6.45) is 2.96. The van der Waals surface area contributed by atoms with E-state index in [1.165, 1.54) is 31.5 Å². The van der Waals surface area contributed by atoms with Gasteiger partial charge in [0.25, 0.3) is 0 Å². The number of nitrogens with one attached hydrogen (secondary N) is 1. The molecule has 0 radical (unpaired) electrons. The third-order valence-corrected chi connectivity index (χ3v) is 4.37. The lowest BCUT2D eigenvalue weighted by atomic mass is 10.1. The number of rotatable bonds is 5. The van der Waals surface area contributed by atoms with Crippen molar-refractivity contribution < 1.29 is 4.79 Å². The van der Waals surface area contributed by atoms with Crippen LogP contribution in [0, 0.1) is 0 Å². The zero-order valence-electron chi connectivity index (χ0n) is 13.1. The summed E-state index contributed by atoms with van der Waals surface area (Å²) in [7, 11) is 0. The Kier molecular flexibility index (Phi) is 5.31. The van der Waals surface area contributed by atoms with E-state index in [1.807, 2.05) is 24.3 Å². The largest absolute Gasteiger partial charge is 0.326 e. The molecule has 0 saturated carbocycles. The van der Waals surface area contributed by atoms with Gasteiger partial charge in [0.2, 0.25) is 5.91 Å². The minimum absolute atomic E-state index is 0.0142. The lowest BCUT2D eigenvalue weighted by Gasteiger charge is -2.14. The van der Waals surface area contributed by atoms with Crippen LogP contribution in [0.1, 0.15) is 24.0 Å². The summed E-state index contributed by atoms with van der Waals surface area (Å²) >= 11 is 5.85. The van der Waals surface area contributed by atoms with Gasteiger partial charge in [0.1, 0.15) is 0 Å². The van der Waals surface area contributed by atoms with Gasteiger partial charge in [-0.1, -0.05) is 35.9 Å². The van der Waals surface area contributed by atoms with Gasteiger partial charge in [-0.15, -0.1) is 0 Å². The van der Waals surface area contributed by atoms with Crippen LogP contribution in [-0.2, 0) is 17.8 Å². The van der Waals surface area contributed by atoms with Crippen molar-refractivity contribution >= 4 is 23.2 Å². The summed E-state index contributed by atoms with van der Waals surface area (Å²) in [4.78, 5) is 14.5. The van der Waals surface area contributed by atoms with Crippen LogP contribution in [0.2, 0.25) is 5.02 Å². The van der Waals surface area contributed by atoms with E-state index in [2.05, 4.69) is 22.3 Å². The molecule has 1 aliphatic rings. The zero-order chi connectivity index (χ0) is 16.1. The van der Waals surface area contributed by atoms with E-state index in [0.29, 0.717) is 11.4 Å². The molecule has 1 N–H and O–H groups in total. The molecule has 3 rings (SSSR count). The van der Waals surface area contributed by atoms with Crippen LogP contribution < -0.4 is 5.32 Å². The summed E-state index contributed by atoms with van der Waals surface area (Å²) in [5, 5.41) is 3.62. The van der Waals surface area contributed by atoms with Crippen LogP contribution in [0.3, 0.4) is 0 Å². The average Bonchev–Trinajstić information content (AvgIpc) is 3.04. The van der Waals surface area contributed by atoms with Crippen LogP contribution >= 0.6 is 11.6 Å². The van der Waals surface area contributed by atoms with Crippen LogP contribution in [-0.4, -0.2) is 23.9 Å². The zero-order valence-corrected chi connectivity index (χ0v) is 13.9. The van der Waals surface area contributed by atoms with Gasteiger partial charge >= 0.3 is 0 Å². The highest BCUT2D eigenvalue weighted by Gasteiger charge is 2.11. The Morgan fingerprint density at radius 3 is 2.22 bits per heavy atom. The number of carbonyl (C=O) groups excluding carboxylic acids is 1. The van der Waals surface area contributed by atoms with Crippen LogP contribution in [0.5, 0.6) is 0 Å². The summed E-state index contributed by atoms with van der Waals surface area (Å²) in [6, 6.07) is 15.5. The number of carbonyl (C=O) groups is 1. The van der Waals surface area contributed by atoms with E-state index in [9.17, 15) is 4.79 Å². The second kappa shape index (κ2) is 7.62. The molecule has 0 aliphatic carbocycles. The average molecular weight is 329 g/mol. The number of nitrogens with zero attached hydrogens (tertiary/aromatic N) is 1. The first-order valence-electron chi connectivity index (χ1n) is 8.05. The SMILES string of the molecule is O=C(Cc1ccc(Cl)cc1)Nc1ccc(CN2CCCC2)cc1. The molecule has 0 bridgehead atoms. The molecule has 1 heterocycles. The van der Waals surface area contributed by atoms with E-state index in [4.69, 9.17) is 11.6 Å². The molecular weight excluding hydrogens is 308 g/mol. The Bertz CT molecular complexity index is 646. The van der Waals surface area contributed by atoms with Crippen molar-refractivity contribution in [3.8, 4) is 0 Å². The normalized spacial score (nSPS) is 14.8. The van der Waals surface area contributed by atoms with E-state index >= 15 is 0 Å². The highest BCUT2D eigenvalue weighted by Crippen LogP contribution is 2.16. The molecule has 0 aromatic heterocycles. The Balaban J connectivity index is 1.52. The number of likely N-dealkylation sites (tertiary alicyclic amines) is 1.